The van der Waals surface area contributed by atoms with Gasteiger partial charge >= 0.3 is 0 Å². The van der Waals surface area contributed by atoms with E-state index in [4.69, 9.17) is 4.74 Å². The Morgan fingerprint density at radius 2 is 2.18 bits per heavy atom. The van der Waals surface area contributed by atoms with Gasteiger partial charge in [-0.15, -0.1) is 0 Å². The van der Waals surface area contributed by atoms with Gasteiger partial charge in [-0.2, -0.15) is 0 Å². The summed E-state index contributed by atoms with van der Waals surface area (Å²) in [6.45, 7) is 8.36. The average Bonchev–Trinajstić information content (AvgIpc) is 2.72. The molecule has 1 aliphatic rings. The highest BCUT2D eigenvalue weighted by Crippen LogP contribution is 2.20. The third-order valence-electron chi connectivity index (χ3n) is 1.43. The molecule has 60 valence electrons. The average molecular weight is 151 g/mol. The van der Waals surface area contributed by atoms with Crippen LogP contribution in [0.4, 0.5) is 0 Å². The first-order valence-corrected chi connectivity index (χ1v) is 3.67. The van der Waals surface area contributed by atoms with Crippen molar-refractivity contribution >= 4 is 6.72 Å². The molecule has 0 spiro atoms. The highest BCUT2D eigenvalue weighted by Gasteiger charge is 2.26. The molecule has 1 saturated heterocycles. The van der Waals surface area contributed by atoms with Gasteiger partial charge in [-0.1, -0.05) is 11.6 Å². The highest BCUT2D eigenvalue weighted by molar-refractivity contribution is 5.33. The second kappa shape index (κ2) is 3.49. The molecular weight excluding hydrogens is 138 g/mol. The molecule has 1 fully saturated rings. The maximum absolute atomic E-state index is 5.06. The van der Waals surface area contributed by atoms with E-state index in [1.54, 1.807) is 0 Å². The van der Waals surface area contributed by atoms with Crippen LogP contribution in [0.5, 0.6) is 0 Å². The monoisotopic (exact) mass is 151 g/mol. The SMILES string of the molecule is C=N/C(=C\C=C(C)C)[C@H]1CO1. The van der Waals surface area contributed by atoms with E-state index < -0.39 is 0 Å². The van der Waals surface area contributed by atoms with Crippen LogP contribution in [-0.2, 0) is 4.74 Å². The largest absolute Gasteiger partial charge is 0.366 e. The van der Waals surface area contributed by atoms with Crippen molar-refractivity contribution in [2.24, 2.45) is 4.99 Å². The van der Waals surface area contributed by atoms with Gasteiger partial charge in [0.2, 0.25) is 0 Å². The molecule has 2 nitrogen and oxygen atoms in total. The highest BCUT2D eigenvalue weighted by atomic mass is 16.6. The second-order valence-electron chi connectivity index (χ2n) is 2.82. The zero-order chi connectivity index (χ0) is 8.27. The number of rotatable bonds is 3. The van der Waals surface area contributed by atoms with E-state index in [9.17, 15) is 0 Å². The van der Waals surface area contributed by atoms with Gasteiger partial charge in [-0.05, 0) is 26.6 Å². The molecule has 0 saturated carbocycles. The Kier molecular flexibility index (Phi) is 2.60. The van der Waals surface area contributed by atoms with Crippen LogP contribution in [0, 0.1) is 0 Å². The maximum Gasteiger partial charge on any atom is 0.123 e. The number of hydrogen-bond donors (Lipinski definition) is 0. The Hall–Kier alpha value is -0.890. The molecule has 2 heteroatoms. The van der Waals surface area contributed by atoms with Crippen molar-refractivity contribution in [3.05, 3.63) is 23.4 Å². The lowest BCUT2D eigenvalue weighted by Gasteiger charge is -1.91. The zero-order valence-corrected chi connectivity index (χ0v) is 7.00. The molecule has 0 aromatic carbocycles. The predicted octanol–water partition coefficient (Wildman–Crippen LogP) is 1.94. The van der Waals surface area contributed by atoms with Crippen molar-refractivity contribution in [2.75, 3.05) is 6.61 Å². The third kappa shape index (κ3) is 2.68. The van der Waals surface area contributed by atoms with Crippen LogP contribution in [0.25, 0.3) is 0 Å². The van der Waals surface area contributed by atoms with Crippen LogP contribution in [0.15, 0.2) is 28.4 Å². The number of hydrogen-bond acceptors (Lipinski definition) is 2. The summed E-state index contributed by atoms with van der Waals surface area (Å²) in [7, 11) is 0. The van der Waals surface area contributed by atoms with Gasteiger partial charge in [-0.3, -0.25) is 4.99 Å². The van der Waals surface area contributed by atoms with Gasteiger partial charge in [0.25, 0.3) is 0 Å². The van der Waals surface area contributed by atoms with Gasteiger partial charge < -0.3 is 4.74 Å². The van der Waals surface area contributed by atoms with Gasteiger partial charge in [0.05, 0.1) is 12.3 Å². The van der Waals surface area contributed by atoms with E-state index in [1.807, 2.05) is 26.0 Å². The number of aliphatic imine (C=N–C) groups is 1. The van der Waals surface area contributed by atoms with Crippen molar-refractivity contribution in [1.29, 1.82) is 0 Å². The van der Waals surface area contributed by atoms with E-state index >= 15 is 0 Å². The number of epoxide rings is 1. The van der Waals surface area contributed by atoms with Crippen molar-refractivity contribution in [3.63, 3.8) is 0 Å². The fourth-order valence-corrected chi connectivity index (χ4v) is 0.733. The molecule has 0 aromatic heterocycles. The minimum Gasteiger partial charge on any atom is -0.366 e. The molecule has 0 radical (unpaired) electrons. The topological polar surface area (TPSA) is 24.9 Å². The Labute approximate surface area is 67.3 Å². The van der Waals surface area contributed by atoms with Crippen LogP contribution in [0.3, 0.4) is 0 Å². The summed E-state index contributed by atoms with van der Waals surface area (Å²) in [5, 5.41) is 0. The Bertz CT molecular complexity index is 208. The maximum atomic E-state index is 5.06. The molecular formula is C9H13NO. The van der Waals surface area contributed by atoms with E-state index in [0.29, 0.717) is 0 Å². The number of ether oxygens (including phenoxy) is 1. The van der Waals surface area contributed by atoms with Crippen LogP contribution < -0.4 is 0 Å². The van der Waals surface area contributed by atoms with Crippen molar-refractivity contribution in [3.8, 4) is 0 Å². The van der Waals surface area contributed by atoms with Crippen molar-refractivity contribution in [2.45, 2.75) is 20.0 Å². The lowest BCUT2D eigenvalue weighted by atomic mass is 10.2. The summed E-state index contributed by atoms with van der Waals surface area (Å²) in [6.07, 6.45) is 4.19. The quantitative estimate of drug-likeness (QED) is 0.343. The zero-order valence-electron chi connectivity index (χ0n) is 7.00. The van der Waals surface area contributed by atoms with Crippen LogP contribution in [-0.4, -0.2) is 19.4 Å². The lowest BCUT2D eigenvalue weighted by Crippen LogP contribution is -1.86. The summed E-state index contributed by atoms with van der Waals surface area (Å²) in [5.41, 5.74) is 2.19. The third-order valence-corrected chi connectivity index (χ3v) is 1.43. The Morgan fingerprint density at radius 1 is 1.55 bits per heavy atom. The first-order chi connectivity index (χ1) is 5.24. The minimum atomic E-state index is 0.211. The fraction of sp³-hybridized carbons (Fsp3) is 0.444. The van der Waals surface area contributed by atoms with Gasteiger partial charge in [0, 0.05) is 0 Å². The summed E-state index contributed by atoms with van der Waals surface area (Å²) < 4.78 is 5.06. The molecule has 1 heterocycles. The van der Waals surface area contributed by atoms with Crippen molar-refractivity contribution < 1.29 is 4.74 Å². The lowest BCUT2D eigenvalue weighted by molar-refractivity contribution is 0.431. The molecule has 1 aliphatic heterocycles. The summed E-state index contributed by atoms with van der Waals surface area (Å²) >= 11 is 0. The van der Waals surface area contributed by atoms with E-state index in [2.05, 4.69) is 11.7 Å². The molecule has 0 amide bonds. The fourth-order valence-electron chi connectivity index (χ4n) is 0.733. The normalized spacial score (nSPS) is 22.7. The molecule has 11 heavy (non-hydrogen) atoms. The molecule has 0 unspecified atom stereocenters. The minimum absolute atomic E-state index is 0.211. The summed E-state index contributed by atoms with van der Waals surface area (Å²) in [5.74, 6) is 0. The van der Waals surface area contributed by atoms with E-state index in [-0.39, 0.29) is 6.10 Å². The number of nitrogens with zero attached hydrogens (tertiary/aromatic N) is 1. The van der Waals surface area contributed by atoms with Crippen LogP contribution in [0.1, 0.15) is 13.8 Å². The molecule has 0 aromatic rings. The van der Waals surface area contributed by atoms with Gasteiger partial charge in [-0.25, -0.2) is 0 Å². The second-order valence-corrected chi connectivity index (χ2v) is 2.82. The van der Waals surface area contributed by atoms with E-state index in [0.717, 1.165) is 12.3 Å². The van der Waals surface area contributed by atoms with Gasteiger partial charge in [0.1, 0.15) is 6.10 Å². The number of allylic oxidation sites excluding steroid dienone is 3. The smallest absolute Gasteiger partial charge is 0.123 e. The summed E-state index contributed by atoms with van der Waals surface area (Å²) in [6, 6.07) is 0. The molecule has 0 N–H and O–H groups in total. The van der Waals surface area contributed by atoms with Crippen molar-refractivity contribution in [1.82, 2.24) is 0 Å². The summed E-state index contributed by atoms with van der Waals surface area (Å²) in [4.78, 5) is 3.86. The molecule has 1 rings (SSSR count). The van der Waals surface area contributed by atoms with Crippen LogP contribution in [0.2, 0.25) is 0 Å². The van der Waals surface area contributed by atoms with Crippen LogP contribution >= 0.6 is 0 Å². The van der Waals surface area contributed by atoms with Gasteiger partial charge in [0.15, 0.2) is 0 Å². The molecule has 0 aliphatic carbocycles. The Balaban J connectivity index is 2.59. The first-order valence-electron chi connectivity index (χ1n) is 3.67. The Morgan fingerprint density at radius 3 is 2.55 bits per heavy atom. The predicted molar refractivity (Wildman–Crippen MR) is 46.8 cm³/mol. The standard InChI is InChI=1S/C9H13NO/c1-7(2)4-5-8(10-3)9-6-11-9/h4-5,9H,3,6H2,1-2H3/b8-5-/t9-/m1/s1. The molecule has 1 atom stereocenters. The molecule has 0 bridgehead atoms. The first kappa shape index (κ1) is 8.21. The van der Waals surface area contributed by atoms with E-state index in [1.165, 1.54) is 5.57 Å².